The van der Waals surface area contributed by atoms with Crippen LogP contribution < -0.4 is 11.0 Å². The summed E-state index contributed by atoms with van der Waals surface area (Å²) in [5.41, 5.74) is 1.88. The van der Waals surface area contributed by atoms with Crippen molar-refractivity contribution >= 4 is 11.6 Å². The number of anilines is 1. The first-order valence-electron chi connectivity index (χ1n) is 10.9. The molecule has 0 unspecified atom stereocenters. The SMILES string of the molecule is CC(=O)CCn1c2nc(C3CCCC3)nc-2c2n(c1=O)C[C@@H](Cc1ccccc1)N2. The number of nitrogens with one attached hydrogen (secondary N) is 1. The second kappa shape index (κ2) is 7.70. The quantitative estimate of drug-likeness (QED) is 0.681. The molecule has 4 aliphatic rings. The highest BCUT2D eigenvalue weighted by molar-refractivity contribution is 5.75. The maximum Gasteiger partial charge on any atom is 0.331 e. The Morgan fingerprint density at radius 1 is 1.17 bits per heavy atom. The Bertz CT molecular complexity index is 1090. The van der Waals surface area contributed by atoms with E-state index in [1.54, 1.807) is 16.1 Å². The van der Waals surface area contributed by atoms with Gasteiger partial charge in [-0.05, 0) is 31.7 Å². The number of carbonyl (C=O) groups excluding carboxylic acids is 1. The number of benzene rings is 1. The second-order valence-electron chi connectivity index (χ2n) is 8.61. The molecule has 1 aliphatic carbocycles. The van der Waals surface area contributed by atoms with Gasteiger partial charge in [-0.1, -0.05) is 43.2 Å². The van der Waals surface area contributed by atoms with E-state index in [0.717, 1.165) is 36.6 Å². The number of nitrogens with zero attached hydrogens (tertiary/aromatic N) is 4. The third kappa shape index (κ3) is 3.42. The monoisotopic (exact) mass is 405 g/mol. The highest BCUT2D eigenvalue weighted by Crippen LogP contribution is 2.37. The minimum atomic E-state index is -0.111. The van der Waals surface area contributed by atoms with E-state index < -0.39 is 0 Å². The molecule has 5 rings (SSSR count). The summed E-state index contributed by atoms with van der Waals surface area (Å²) in [4.78, 5) is 34.6. The van der Waals surface area contributed by atoms with Crippen LogP contribution >= 0.6 is 0 Å². The first-order valence-corrected chi connectivity index (χ1v) is 10.9. The van der Waals surface area contributed by atoms with Crippen LogP contribution in [0.5, 0.6) is 0 Å². The van der Waals surface area contributed by atoms with Gasteiger partial charge in [-0.15, -0.1) is 0 Å². The number of rotatable bonds is 6. The predicted molar refractivity (Wildman–Crippen MR) is 115 cm³/mol. The van der Waals surface area contributed by atoms with Crippen molar-refractivity contribution in [1.82, 2.24) is 19.1 Å². The molecule has 0 bridgehead atoms. The molecule has 0 amide bonds. The molecule has 1 atom stereocenters. The fourth-order valence-corrected chi connectivity index (χ4v) is 4.78. The van der Waals surface area contributed by atoms with Crippen molar-refractivity contribution in [3.8, 4) is 11.5 Å². The highest BCUT2D eigenvalue weighted by atomic mass is 16.2. The van der Waals surface area contributed by atoms with E-state index in [-0.39, 0.29) is 17.5 Å². The summed E-state index contributed by atoms with van der Waals surface area (Å²) in [5.74, 6) is 2.67. The lowest BCUT2D eigenvalue weighted by Crippen LogP contribution is -2.32. The van der Waals surface area contributed by atoms with Crippen LogP contribution in [0.3, 0.4) is 0 Å². The van der Waals surface area contributed by atoms with Gasteiger partial charge in [0.2, 0.25) is 0 Å². The zero-order chi connectivity index (χ0) is 20.7. The molecule has 0 radical (unpaired) electrons. The Morgan fingerprint density at radius 2 is 1.93 bits per heavy atom. The number of ketones is 1. The number of aromatic nitrogens is 4. The molecule has 30 heavy (non-hydrogen) atoms. The van der Waals surface area contributed by atoms with Crippen LogP contribution in [-0.2, 0) is 24.3 Å². The number of hydrogen-bond acceptors (Lipinski definition) is 5. The fourth-order valence-electron chi connectivity index (χ4n) is 4.78. The van der Waals surface area contributed by atoms with Gasteiger partial charge in [0.05, 0.1) is 0 Å². The van der Waals surface area contributed by atoms with Gasteiger partial charge in [0.15, 0.2) is 5.82 Å². The van der Waals surface area contributed by atoms with Gasteiger partial charge in [-0.25, -0.2) is 14.8 Å². The van der Waals surface area contributed by atoms with Crippen molar-refractivity contribution in [3.63, 3.8) is 0 Å². The zero-order valence-corrected chi connectivity index (χ0v) is 17.3. The summed E-state index contributed by atoms with van der Waals surface area (Å²) in [5, 5.41) is 3.54. The zero-order valence-electron chi connectivity index (χ0n) is 17.3. The lowest BCUT2D eigenvalue weighted by Gasteiger charge is -2.13. The molecule has 0 aromatic heterocycles. The number of carbonyl (C=O) groups is 1. The molecular weight excluding hydrogens is 378 g/mol. The van der Waals surface area contributed by atoms with Crippen molar-refractivity contribution in [2.75, 3.05) is 5.32 Å². The molecule has 1 N–H and O–H groups in total. The van der Waals surface area contributed by atoms with Crippen LogP contribution in [0, 0.1) is 0 Å². The third-order valence-corrected chi connectivity index (χ3v) is 6.35. The van der Waals surface area contributed by atoms with E-state index in [2.05, 4.69) is 17.4 Å². The first-order chi connectivity index (χ1) is 14.6. The second-order valence-corrected chi connectivity index (χ2v) is 8.61. The molecule has 1 aromatic carbocycles. The lowest BCUT2D eigenvalue weighted by atomic mass is 10.1. The smallest absolute Gasteiger partial charge is 0.331 e. The molecule has 3 heterocycles. The van der Waals surface area contributed by atoms with Gasteiger partial charge < -0.3 is 5.32 Å². The van der Waals surface area contributed by atoms with E-state index in [9.17, 15) is 9.59 Å². The normalized spacial score (nSPS) is 18.6. The summed E-state index contributed by atoms with van der Waals surface area (Å²) in [6.45, 7) is 2.49. The highest BCUT2D eigenvalue weighted by Gasteiger charge is 2.33. The largest absolute Gasteiger partial charge is 0.365 e. The Balaban J connectivity index is 1.54. The maximum atomic E-state index is 13.3. The molecule has 1 aromatic rings. The summed E-state index contributed by atoms with van der Waals surface area (Å²) in [6.07, 6.45) is 5.77. The number of imidazole rings is 1. The predicted octanol–water partition coefficient (Wildman–Crippen LogP) is 3.22. The van der Waals surface area contributed by atoms with Gasteiger partial charge in [-0.3, -0.25) is 13.9 Å². The van der Waals surface area contributed by atoms with Crippen molar-refractivity contribution in [2.24, 2.45) is 0 Å². The van der Waals surface area contributed by atoms with Crippen molar-refractivity contribution in [2.45, 2.75) is 70.5 Å². The van der Waals surface area contributed by atoms with Crippen LogP contribution in [0.1, 0.15) is 56.3 Å². The first kappa shape index (κ1) is 19.0. The van der Waals surface area contributed by atoms with E-state index in [1.807, 2.05) is 18.2 Å². The van der Waals surface area contributed by atoms with Crippen LogP contribution in [-0.4, -0.2) is 30.9 Å². The van der Waals surface area contributed by atoms with Gasteiger partial charge >= 0.3 is 5.69 Å². The minimum absolute atomic E-state index is 0.0659. The maximum absolute atomic E-state index is 13.3. The number of Topliss-reactive ketones (excluding diaryl/α,β-unsaturated/α-hetero) is 1. The van der Waals surface area contributed by atoms with E-state index >= 15 is 0 Å². The van der Waals surface area contributed by atoms with Gasteiger partial charge in [0, 0.05) is 31.5 Å². The summed E-state index contributed by atoms with van der Waals surface area (Å²) in [7, 11) is 0. The Labute approximate surface area is 175 Å². The van der Waals surface area contributed by atoms with Gasteiger partial charge in [-0.2, -0.15) is 0 Å². The molecule has 1 saturated carbocycles. The van der Waals surface area contributed by atoms with Crippen molar-refractivity contribution < 1.29 is 4.79 Å². The standard InChI is InChI=1S/C23H27N5O2/c1-15(29)11-12-27-22-19(25-20(26-22)17-9-5-6-10-17)21-24-18(14-28(21)23(27)30)13-16-7-3-2-4-8-16/h2-4,7-8,17-18,24H,5-6,9-14H2,1H3/t18-/m1/s1. The summed E-state index contributed by atoms with van der Waals surface area (Å²) >= 11 is 0. The molecule has 3 aliphatic heterocycles. The average Bonchev–Trinajstić information content (AvgIpc) is 3.47. The van der Waals surface area contributed by atoms with Gasteiger partial charge in [0.25, 0.3) is 0 Å². The van der Waals surface area contributed by atoms with E-state index in [0.29, 0.717) is 31.3 Å². The molecular formula is C23H27N5O2. The molecule has 0 saturated heterocycles. The van der Waals surface area contributed by atoms with Crippen LogP contribution in [0.4, 0.5) is 5.82 Å². The lowest BCUT2D eigenvalue weighted by molar-refractivity contribution is -0.117. The fraction of sp³-hybridized carbons (Fsp3) is 0.478. The van der Waals surface area contributed by atoms with Crippen LogP contribution in [0.25, 0.3) is 11.5 Å². The minimum Gasteiger partial charge on any atom is -0.365 e. The molecule has 1 fully saturated rings. The Kier molecular flexibility index (Phi) is 4.89. The average molecular weight is 406 g/mol. The molecule has 7 heteroatoms. The summed E-state index contributed by atoms with van der Waals surface area (Å²) in [6, 6.07) is 10.4. The van der Waals surface area contributed by atoms with Crippen molar-refractivity contribution in [3.05, 3.63) is 52.2 Å². The third-order valence-electron chi connectivity index (χ3n) is 6.35. The van der Waals surface area contributed by atoms with E-state index in [4.69, 9.17) is 9.97 Å². The Hall–Kier alpha value is -2.96. The van der Waals surface area contributed by atoms with Crippen LogP contribution in [0.2, 0.25) is 0 Å². The Morgan fingerprint density at radius 3 is 2.67 bits per heavy atom. The topological polar surface area (TPSA) is 81.8 Å². The molecule has 7 nitrogen and oxygen atoms in total. The van der Waals surface area contributed by atoms with Crippen molar-refractivity contribution in [1.29, 1.82) is 0 Å². The summed E-state index contributed by atoms with van der Waals surface area (Å²) < 4.78 is 3.43. The van der Waals surface area contributed by atoms with Gasteiger partial charge in [0.1, 0.15) is 23.1 Å². The molecule has 156 valence electrons. The van der Waals surface area contributed by atoms with E-state index in [1.165, 1.54) is 18.4 Å². The number of fused-ring (bicyclic) bond motifs is 3. The molecule has 0 spiro atoms. The number of hydrogen-bond donors (Lipinski definition) is 1. The van der Waals surface area contributed by atoms with Crippen LogP contribution in [0.15, 0.2) is 35.1 Å².